The van der Waals surface area contributed by atoms with E-state index in [0.717, 1.165) is 16.5 Å². The van der Waals surface area contributed by atoms with Crippen LogP contribution in [0.1, 0.15) is 62.7 Å². The maximum absolute atomic E-state index is 13.3. The number of halogens is 1. The number of methoxy groups -OCH3 is 1. The summed E-state index contributed by atoms with van der Waals surface area (Å²) < 4.78 is 30.6. The molecule has 10 nitrogen and oxygen atoms in total. The lowest BCUT2D eigenvalue weighted by atomic mass is 10.1. The zero-order chi connectivity index (χ0) is 29.5. The molecule has 3 rings (SSSR count). The molecule has 0 amide bonds. The molecule has 0 atom stereocenters. The number of pyridine rings is 1. The first kappa shape index (κ1) is 30.3. The molecule has 0 radical (unpaired) electrons. The highest BCUT2D eigenvalue weighted by Gasteiger charge is 2.30. The highest BCUT2D eigenvalue weighted by atomic mass is 19.1. The summed E-state index contributed by atoms with van der Waals surface area (Å²) in [7, 11) is 1.27. The van der Waals surface area contributed by atoms with E-state index in [1.54, 1.807) is 65.1 Å². The fourth-order valence-electron chi connectivity index (χ4n) is 3.86. The van der Waals surface area contributed by atoms with Crippen molar-refractivity contribution in [3.63, 3.8) is 0 Å². The Morgan fingerprint density at radius 2 is 1.75 bits per heavy atom. The Hall–Kier alpha value is -4.25. The first-order chi connectivity index (χ1) is 18.8. The van der Waals surface area contributed by atoms with Gasteiger partial charge in [0.05, 0.1) is 31.8 Å². The van der Waals surface area contributed by atoms with Gasteiger partial charge in [-0.1, -0.05) is 24.3 Å². The highest BCUT2D eigenvalue weighted by molar-refractivity contribution is 6.00. The van der Waals surface area contributed by atoms with Gasteiger partial charge in [-0.15, -0.1) is 5.48 Å². The molecule has 11 heteroatoms. The summed E-state index contributed by atoms with van der Waals surface area (Å²) in [5, 5.41) is 0.748. The molecule has 2 heterocycles. The van der Waals surface area contributed by atoms with E-state index in [2.05, 4.69) is 10.5 Å². The van der Waals surface area contributed by atoms with Gasteiger partial charge in [0.25, 0.3) is 0 Å². The van der Waals surface area contributed by atoms with Crippen molar-refractivity contribution in [2.75, 3.05) is 13.7 Å². The summed E-state index contributed by atoms with van der Waals surface area (Å²) >= 11 is 0. The predicted octanol–water partition coefficient (Wildman–Crippen LogP) is 5.19. The number of aromatic nitrogens is 2. The average molecular weight is 556 g/mol. The van der Waals surface area contributed by atoms with E-state index in [1.807, 2.05) is 16.8 Å². The predicted molar refractivity (Wildman–Crippen MR) is 146 cm³/mol. The van der Waals surface area contributed by atoms with Gasteiger partial charge in [0.1, 0.15) is 17.0 Å². The van der Waals surface area contributed by atoms with Crippen molar-refractivity contribution in [2.45, 2.75) is 58.8 Å². The number of nitrogens with one attached hydrogen (secondary N) is 1. The first-order valence-corrected chi connectivity index (χ1v) is 12.6. The van der Waals surface area contributed by atoms with Gasteiger partial charge in [-0.2, -0.15) is 0 Å². The molecular formula is C29H34FN3O7. The van der Waals surface area contributed by atoms with Gasteiger partial charge in [0.15, 0.2) is 5.69 Å². The molecule has 0 unspecified atom stereocenters. The molecule has 0 fully saturated rings. The van der Waals surface area contributed by atoms with Crippen LogP contribution in [-0.4, -0.2) is 52.5 Å². The maximum Gasteiger partial charge on any atom is 0.528 e. The van der Waals surface area contributed by atoms with E-state index in [9.17, 15) is 18.8 Å². The number of esters is 2. The van der Waals surface area contributed by atoms with Crippen LogP contribution < -0.4 is 5.48 Å². The number of ether oxygens (including phenoxy) is 3. The average Bonchev–Trinajstić information content (AvgIpc) is 3.25. The van der Waals surface area contributed by atoms with E-state index in [1.165, 1.54) is 19.2 Å². The maximum atomic E-state index is 13.3. The lowest BCUT2D eigenvalue weighted by Crippen LogP contribution is -2.35. The third-order valence-corrected chi connectivity index (χ3v) is 5.50. The topological polar surface area (TPSA) is 118 Å². The van der Waals surface area contributed by atoms with Gasteiger partial charge in [-0.05, 0) is 58.4 Å². The molecule has 0 saturated heterocycles. The van der Waals surface area contributed by atoms with Crippen LogP contribution in [0.5, 0.6) is 0 Å². The Morgan fingerprint density at radius 3 is 2.40 bits per heavy atom. The molecule has 0 saturated carbocycles. The molecule has 214 valence electrons. The second kappa shape index (κ2) is 12.7. The normalized spacial score (nSPS) is 12.0. The molecule has 0 aliphatic heterocycles. The number of carbonyl (C=O) groups excluding carboxylic acids is 3. The summed E-state index contributed by atoms with van der Waals surface area (Å²) in [6, 6.07) is 8.05. The number of benzene rings is 1. The SMILES string of the molecule is COC(=O)c1ncc2c(ccn2Cc2ccc(F)cc2)c1C=CCNOC(=O)OC(C)(C)CC(=O)OC(C)(C)C. The monoisotopic (exact) mass is 555 g/mol. The van der Waals surface area contributed by atoms with Crippen LogP contribution >= 0.6 is 0 Å². The third kappa shape index (κ3) is 8.63. The van der Waals surface area contributed by atoms with E-state index in [0.29, 0.717) is 12.1 Å². The van der Waals surface area contributed by atoms with Crippen LogP contribution in [0.3, 0.4) is 0 Å². The molecule has 3 aromatic rings. The summed E-state index contributed by atoms with van der Waals surface area (Å²) in [6.07, 6.45) is 5.58. The molecule has 0 bridgehead atoms. The van der Waals surface area contributed by atoms with Crippen molar-refractivity contribution in [1.29, 1.82) is 0 Å². The first-order valence-electron chi connectivity index (χ1n) is 12.6. The second-order valence-electron chi connectivity index (χ2n) is 10.6. The summed E-state index contributed by atoms with van der Waals surface area (Å²) in [5.41, 5.74) is 2.97. The lowest BCUT2D eigenvalue weighted by molar-refractivity contribution is -0.160. The Balaban J connectivity index is 1.65. The summed E-state index contributed by atoms with van der Waals surface area (Å²) in [6.45, 7) is 8.95. The quantitative estimate of drug-likeness (QED) is 0.156. The fraction of sp³-hybridized carbons (Fsp3) is 0.379. The number of fused-ring (bicyclic) bond motifs is 1. The smallest absolute Gasteiger partial charge is 0.464 e. The number of rotatable bonds is 10. The number of hydrogen-bond acceptors (Lipinski definition) is 9. The molecular weight excluding hydrogens is 521 g/mol. The molecule has 0 aliphatic carbocycles. The zero-order valence-corrected chi connectivity index (χ0v) is 23.4. The fourth-order valence-corrected chi connectivity index (χ4v) is 3.86. The van der Waals surface area contributed by atoms with Crippen LogP contribution in [0.2, 0.25) is 0 Å². The van der Waals surface area contributed by atoms with Crippen molar-refractivity contribution in [3.8, 4) is 0 Å². The minimum Gasteiger partial charge on any atom is -0.464 e. The number of hydroxylamine groups is 1. The summed E-state index contributed by atoms with van der Waals surface area (Å²) in [5.74, 6) is -1.42. The third-order valence-electron chi connectivity index (χ3n) is 5.50. The van der Waals surface area contributed by atoms with Crippen molar-refractivity contribution in [2.24, 2.45) is 0 Å². The van der Waals surface area contributed by atoms with E-state index in [4.69, 9.17) is 19.0 Å². The summed E-state index contributed by atoms with van der Waals surface area (Å²) in [4.78, 5) is 45.8. The van der Waals surface area contributed by atoms with Crippen LogP contribution in [0, 0.1) is 5.82 Å². The van der Waals surface area contributed by atoms with Crippen molar-refractivity contribution < 1.29 is 37.8 Å². The van der Waals surface area contributed by atoms with Crippen LogP contribution in [0.15, 0.2) is 48.8 Å². The van der Waals surface area contributed by atoms with Crippen molar-refractivity contribution in [1.82, 2.24) is 15.0 Å². The van der Waals surface area contributed by atoms with Crippen molar-refractivity contribution in [3.05, 3.63) is 71.4 Å². The van der Waals surface area contributed by atoms with Crippen molar-refractivity contribution >= 4 is 35.1 Å². The standard InChI is InChI=1S/C29H34FN3O7/c1-28(2,3)38-24(34)16-29(4,5)39-27(36)40-32-14-7-8-22-21-13-15-33(18-19-9-11-20(30)12-10-19)23(21)17-31-25(22)26(35)37-6/h7-13,15,17,32H,14,16,18H2,1-6H3. The van der Waals surface area contributed by atoms with Crippen LogP contribution in [-0.2, 0) is 30.4 Å². The van der Waals surface area contributed by atoms with Gasteiger partial charge in [0, 0.05) is 23.7 Å². The minimum absolute atomic E-state index is 0.0783. The van der Waals surface area contributed by atoms with Gasteiger partial charge >= 0.3 is 18.1 Å². The van der Waals surface area contributed by atoms with Gasteiger partial charge in [-0.25, -0.2) is 19.0 Å². The molecule has 0 aliphatic rings. The van der Waals surface area contributed by atoms with E-state index < -0.39 is 29.3 Å². The van der Waals surface area contributed by atoms with E-state index in [-0.39, 0.29) is 24.5 Å². The zero-order valence-electron chi connectivity index (χ0n) is 23.4. The van der Waals surface area contributed by atoms with Crippen LogP contribution in [0.25, 0.3) is 17.0 Å². The van der Waals surface area contributed by atoms with Crippen LogP contribution in [0.4, 0.5) is 9.18 Å². The van der Waals surface area contributed by atoms with Gasteiger partial charge in [-0.3, -0.25) is 4.79 Å². The largest absolute Gasteiger partial charge is 0.528 e. The van der Waals surface area contributed by atoms with Gasteiger partial charge < -0.3 is 23.6 Å². The number of hydrogen-bond donors (Lipinski definition) is 1. The molecule has 1 aromatic carbocycles. The molecule has 0 spiro atoms. The Labute approximate surface area is 232 Å². The Morgan fingerprint density at radius 1 is 1.05 bits per heavy atom. The second-order valence-corrected chi connectivity index (χ2v) is 10.6. The molecule has 40 heavy (non-hydrogen) atoms. The highest BCUT2D eigenvalue weighted by Crippen LogP contribution is 2.25. The Bertz CT molecular complexity index is 1390. The van der Waals surface area contributed by atoms with E-state index >= 15 is 0 Å². The minimum atomic E-state index is -1.14. The number of carbonyl (C=O) groups is 3. The Kier molecular flexibility index (Phi) is 9.65. The number of nitrogens with zero attached hydrogens (tertiary/aromatic N) is 2. The molecule has 1 N–H and O–H groups in total. The molecule has 2 aromatic heterocycles. The van der Waals surface area contributed by atoms with Gasteiger partial charge in [0.2, 0.25) is 0 Å². The lowest BCUT2D eigenvalue weighted by Gasteiger charge is -2.26.